The number of amides is 2. The molecule has 1 saturated heterocycles. The second-order valence-electron chi connectivity index (χ2n) is 5.86. The normalized spacial score (nSPS) is 16.1. The number of rotatable bonds is 7. The highest BCUT2D eigenvalue weighted by Crippen LogP contribution is 2.11. The number of likely N-dealkylation sites (tertiary alicyclic amines) is 1. The first-order chi connectivity index (χ1) is 10.0. The maximum Gasteiger partial charge on any atom is 0.409 e. The largest absolute Gasteiger partial charge is 0.450 e. The molecule has 0 atom stereocenters. The highest BCUT2D eigenvalue weighted by molar-refractivity contribution is 5.76. The van der Waals surface area contributed by atoms with Crippen molar-refractivity contribution in [3.8, 4) is 0 Å². The minimum Gasteiger partial charge on any atom is -0.450 e. The van der Waals surface area contributed by atoms with E-state index in [2.05, 4.69) is 24.5 Å². The Labute approximate surface area is 127 Å². The van der Waals surface area contributed by atoms with Crippen molar-refractivity contribution in [3.05, 3.63) is 0 Å². The summed E-state index contributed by atoms with van der Waals surface area (Å²) in [5.41, 5.74) is 0. The molecule has 2 amide bonds. The Bertz CT molecular complexity index is 326. The van der Waals surface area contributed by atoms with Gasteiger partial charge in [0.2, 0.25) is 5.91 Å². The summed E-state index contributed by atoms with van der Waals surface area (Å²) in [7, 11) is 0. The molecule has 0 radical (unpaired) electrons. The van der Waals surface area contributed by atoms with Gasteiger partial charge in [-0.3, -0.25) is 4.79 Å². The van der Waals surface area contributed by atoms with Crippen molar-refractivity contribution in [2.24, 2.45) is 5.92 Å². The zero-order valence-electron chi connectivity index (χ0n) is 13.5. The second kappa shape index (κ2) is 9.60. The van der Waals surface area contributed by atoms with E-state index in [9.17, 15) is 9.59 Å². The predicted molar refractivity (Wildman–Crippen MR) is 82.1 cm³/mol. The van der Waals surface area contributed by atoms with Crippen molar-refractivity contribution < 1.29 is 14.3 Å². The fourth-order valence-corrected chi connectivity index (χ4v) is 2.28. The third-order valence-corrected chi connectivity index (χ3v) is 3.51. The Morgan fingerprint density at radius 3 is 2.52 bits per heavy atom. The quantitative estimate of drug-likeness (QED) is 0.744. The monoisotopic (exact) mass is 299 g/mol. The van der Waals surface area contributed by atoms with Gasteiger partial charge in [-0.05, 0) is 25.7 Å². The lowest BCUT2D eigenvalue weighted by atomic mass is 10.1. The molecule has 1 aliphatic heterocycles. The summed E-state index contributed by atoms with van der Waals surface area (Å²) in [6.07, 6.45) is 2.10. The fourth-order valence-electron chi connectivity index (χ4n) is 2.28. The molecule has 0 aromatic heterocycles. The van der Waals surface area contributed by atoms with Crippen LogP contribution in [0.2, 0.25) is 0 Å². The van der Waals surface area contributed by atoms with Crippen molar-refractivity contribution in [2.45, 2.75) is 46.1 Å². The maximum absolute atomic E-state index is 11.6. The van der Waals surface area contributed by atoms with E-state index in [4.69, 9.17) is 4.74 Å². The van der Waals surface area contributed by atoms with Gasteiger partial charge < -0.3 is 20.3 Å². The van der Waals surface area contributed by atoms with Gasteiger partial charge in [0, 0.05) is 38.6 Å². The van der Waals surface area contributed by atoms with Crippen LogP contribution >= 0.6 is 0 Å². The Balaban J connectivity index is 2.10. The van der Waals surface area contributed by atoms with Gasteiger partial charge >= 0.3 is 6.09 Å². The first kappa shape index (κ1) is 17.8. The van der Waals surface area contributed by atoms with Crippen LogP contribution in [0.4, 0.5) is 4.79 Å². The first-order valence-electron chi connectivity index (χ1n) is 7.94. The predicted octanol–water partition coefficient (Wildman–Crippen LogP) is 1.36. The summed E-state index contributed by atoms with van der Waals surface area (Å²) in [4.78, 5) is 24.9. The highest BCUT2D eigenvalue weighted by atomic mass is 16.6. The lowest BCUT2D eigenvalue weighted by Crippen LogP contribution is -2.45. The topological polar surface area (TPSA) is 70.7 Å². The average Bonchev–Trinajstić information content (AvgIpc) is 2.46. The zero-order valence-corrected chi connectivity index (χ0v) is 13.5. The van der Waals surface area contributed by atoms with Crippen LogP contribution in [0, 0.1) is 5.92 Å². The van der Waals surface area contributed by atoms with Gasteiger partial charge in [-0.15, -0.1) is 0 Å². The van der Waals surface area contributed by atoms with Crippen molar-refractivity contribution in [1.29, 1.82) is 0 Å². The van der Waals surface area contributed by atoms with E-state index >= 15 is 0 Å². The molecule has 2 N–H and O–H groups in total. The molecule has 6 nitrogen and oxygen atoms in total. The van der Waals surface area contributed by atoms with Crippen molar-refractivity contribution >= 4 is 12.0 Å². The number of piperidine rings is 1. The van der Waals surface area contributed by atoms with E-state index in [1.54, 1.807) is 4.90 Å². The molecule has 1 heterocycles. The van der Waals surface area contributed by atoms with E-state index in [1.807, 2.05) is 6.92 Å². The summed E-state index contributed by atoms with van der Waals surface area (Å²) in [6, 6.07) is 0.383. The van der Waals surface area contributed by atoms with Crippen LogP contribution in [-0.2, 0) is 9.53 Å². The molecule has 1 aliphatic rings. The fraction of sp³-hybridized carbons (Fsp3) is 0.867. The molecular formula is C15H29N3O3. The number of hydrogen-bond acceptors (Lipinski definition) is 4. The minimum atomic E-state index is -0.219. The van der Waals surface area contributed by atoms with Crippen molar-refractivity contribution in [3.63, 3.8) is 0 Å². The van der Waals surface area contributed by atoms with Crippen LogP contribution < -0.4 is 10.6 Å². The van der Waals surface area contributed by atoms with Crippen molar-refractivity contribution in [2.75, 3.05) is 32.8 Å². The Hall–Kier alpha value is -1.30. The SMILES string of the molecule is CCOC(=O)N1CCC(NCCC(=O)NCC(C)C)CC1. The van der Waals surface area contributed by atoms with Crippen LogP contribution in [0.5, 0.6) is 0 Å². The number of nitrogens with one attached hydrogen (secondary N) is 2. The molecule has 1 rings (SSSR count). The summed E-state index contributed by atoms with van der Waals surface area (Å²) in [5.74, 6) is 0.578. The van der Waals surface area contributed by atoms with E-state index < -0.39 is 0 Å². The third-order valence-electron chi connectivity index (χ3n) is 3.51. The number of ether oxygens (including phenoxy) is 1. The van der Waals surface area contributed by atoms with Crippen LogP contribution in [-0.4, -0.2) is 55.7 Å². The van der Waals surface area contributed by atoms with Gasteiger partial charge in [0.1, 0.15) is 0 Å². The Kier molecular flexibility index (Phi) is 8.12. The maximum atomic E-state index is 11.6. The van der Waals surface area contributed by atoms with E-state index in [0.717, 1.165) is 32.5 Å². The molecule has 0 saturated carbocycles. The van der Waals surface area contributed by atoms with Gasteiger partial charge in [0.15, 0.2) is 0 Å². The molecule has 0 spiro atoms. The number of carbonyl (C=O) groups is 2. The van der Waals surface area contributed by atoms with Crippen LogP contribution in [0.3, 0.4) is 0 Å². The summed E-state index contributed by atoms with van der Waals surface area (Å²) in [5, 5.41) is 6.30. The molecule has 0 aliphatic carbocycles. The highest BCUT2D eigenvalue weighted by Gasteiger charge is 2.23. The molecule has 0 aromatic carbocycles. The number of hydrogen-bond donors (Lipinski definition) is 2. The lowest BCUT2D eigenvalue weighted by Gasteiger charge is -2.31. The summed E-state index contributed by atoms with van der Waals surface area (Å²) in [6.45, 7) is 9.25. The molecule has 0 aromatic rings. The minimum absolute atomic E-state index is 0.0974. The second-order valence-corrected chi connectivity index (χ2v) is 5.86. The zero-order chi connectivity index (χ0) is 15.7. The molecule has 122 valence electrons. The van der Waals surface area contributed by atoms with Gasteiger partial charge in [-0.25, -0.2) is 4.79 Å². The molecule has 0 unspecified atom stereocenters. The van der Waals surface area contributed by atoms with Gasteiger partial charge in [0.25, 0.3) is 0 Å². The van der Waals surface area contributed by atoms with Crippen LogP contribution in [0.1, 0.15) is 40.0 Å². The molecular weight excluding hydrogens is 270 g/mol. The number of carbonyl (C=O) groups excluding carboxylic acids is 2. The Morgan fingerprint density at radius 1 is 1.29 bits per heavy atom. The van der Waals surface area contributed by atoms with Gasteiger partial charge in [-0.1, -0.05) is 13.8 Å². The summed E-state index contributed by atoms with van der Waals surface area (Å²) < 4.78 is 4.99. The molecule has 0 bridgehead atoms. The van der Waals surface area contributed by atoms with Gasteiger partial charge in [-0.2, -0.15) is 0 Å². The van der Waals surface area contributed by atoms with Gasteiger partial charge in [0.05, 0.1) is 6.61 Å². The molecule has 1 fully saturated rings. The average molecular weight is 299 g/mol. The summed E-state index contributed by atoms with van der Waals surface area (Å²) >= 11 is 0. The number of nitrogens with zero attached hydrogens (tertiary/aromatic N) is 1. The van der Waals surface area contributed by atoms with Crippen molar-refractivity contribution in [1.82, 2.24) is 15.5 Å². The standard InChI is InChI=1S/C15H29N3O3/c1-4-21-15(20)18-9-6-13(7-10-18)16-8-5-14(19)17-11-12(2)3/h12-13,16H,4-11H2,1-3H3,(H,17,19). The van der Waals surface area contributed by atoms with Crippen LogP contribution in [0.15, 0.2) is 0 Å². The smallest absolute Gasteiger partial charge is 0.409 e. The van der Waals surface area contributed by atoms with E-state index in [-0.39, 0.29) is 12.0 Å². The van der Waals surface area contributed by atoms with Crippen LogP contribution in [0.25, 0.3) is 0 Å². The molecule has 6 heteroatoms. The Morgan fingerprint density at radius 2 is 1.95 bits per heavy atom. The first-order valence-corrected chi connectivity index (χ1v) is 7.94. The third kappa shape index (κ3) is 7.32. The van der Waals surface area contributed by atoms with E-state index in [1.165, 1.54) is 0 Å². The lowest BCUT2D eigenvalue weighted by molar-refractivity contribution is -0.121. The van der Waals surface area contributed by atoms with E-state index in [0.29, 0.717) is 31.5 Å². The molecule has 21 heavy (non-hydrogen) atoms.